The Morgan fingerprint density at radius 3 is 2.70 bits per heavy atom. The van der Waals surface area contributed by atoms with Crippen LogP contribution in [0.25, 0.3) is 11.0 Å². The van der Waals surface area contributed by atoms with Gasteiger partial charge < -0.3 is 13.9 Å². The van der Waals surface area contributed by atoms with Gasteiger partial charge >= 0.3 is 11.6 Å². The lowest BCUT2D eigenvalue weighted by Crippen LogP contribution is -2.09. The molecule has 5 nitrogen and oxygen atoms in total. The topological polar surface area (TPSA) is 65.7 Å². The summed E-state index contributed by atoms with van der Waals surface area (Å²) in [5.74, 6) is 0.0628. The molecule has 0 aliphatic heterocycles. The summed E-state index contributed by atoms with van der Waals surface area (Å²) < 4.78 is 15.7. The second-order valence-electron chi connectivity index (χ2n) is 4.19. The third-order valence-electron chi connectivity index (χ3n) is 2.54. The van der Waals surface area contributed by atoms with Crippen molar-refractivity contribution < 1.29 is 18.7 Å². The molecule has 0 amide bonds. The fraction of sp³-hybridized carbons (Fsp3) is 0.200. The van der Waals surface area contributed by atoms with Crippen LogP contribution in [0.2, 0.25) is 0 Å². The van der Waals surface area contributed by atoms with Gasteiger partial charge in [-0.2, -0.15) is 0 Å². The highest BCUT2D eigenvalue weighted by atomic mass is 16.6. The fourth-order valence-corrected chi connectivity index (χ4v) is 1.61. The number of rotatable bonds is 4. The molecule has 2 rings (SSSR count). The number of fused-ring (bicyclic) bond motifs is 1. The lowest BCUT2D eigenvalue weighted by Gasteiger charge is -2.11. The van der Waals surface area contributed by atoms with Crippen LogP contribution < -0.4 is 15.1 Å². The Kier molecular flexibility index (Phi) is 3.89. The van der Waals surface area contributed by atoms with E-state index in [1.807, 2.05) is 0 Å². The molecule has 5 heteroatoms. The van der Waals surface area contributed by atoms with Gasteiger partial charge in [0, 0.05) is 23.1 Å². The quantitative estimate of drug-likeness (QED) is 0.371. The molecule has 0 radical (unpaired) electrons. The molecule has 1 aromatic carbocycles. The highest BCUT2D eigenvalue weighted by Crippen LogP contribution is 2.32. The van der Waals surface area contributed by atoms with Gasteiger partial charge in [-0.1, -0.05) is 6.58 Å². The molecule has 2 aromatic rings. The maximum absolute atomic E-state index is 11.6. The molecule has 0 N–H and O–H groups in total. The molecule has 1 heterocycles. The Morgan fingerprint density at radius 1 is 1.30 bits per heavy atom. The summed E-state index contributed by atoms with van der Waals surface area (Å²) in [6.07, 6.45) is 0. The van der Waals surface area contributed by atoms with Crippen molar-refractivity contribution >= 4 is 16.9 Å². The van der Waals surface area contributed by atoms with E-state index in [9.17, 15) is 9.59 Å². The van der Waals surface area contributed by atoms with Crippen molar-refractivity contribution in [3.05, 3.63) is 46.8 Å². The number of hydrogen-bond donors (Lipinski definition) is 0. The molecule has 0 atom stereocenters. The molecule has 0 aliphatic carbocycles. The number of ether oxygens (including phenoxy) is 2. The predicted molar refractivity (Wildman–Crippen MR) is 74.1 cm³/mol. The minimum Gasteiger partial charge on any atom is -0.490 e. The van der Waals surface area contributed by atoms with Crippen LogP contribution in [-0.4, -0.2) is 12.6 Å². The largest absolute Gasteiger partial charge is 0.490 e. The van der Waals surface area contributed by atoms with E-state index >= 15 is 0 Å². The van der Waals surface area contributed by atoms with Crippen molar-refractivity contribution in [1.29, 1.82) is 0 Å². The number of carbonyl (C=O) groups excluding carboxylic acids is 1. The zero-order chi connectivity index (χ0) is 14.7. The summed E-state index contributed by atoms with van der Waals surface area (Å²) >= 11 is 0. The predicted octanol–water partition coefficient (Wildman–Crippen LogP) is 2.67. The monoisotopic (exact) mass is 274 g/mol. The van der Waals surface area contributed by atoms with Gasteiger partial charge in [-0.3, -0.25) is 0 Å². The van der Waals surface area contributed by atoms with E-state index < -0.39 is 11.6 Å². The van der Waals surface area contributed by atoms with Crippen molar-refractivity contribution in [3.8, 4) is 11.5 Å². The van der Waals surface area contributed by atoms with Gasteiger partial charge in [-0.05, 0) is 26.0 Å². The van der Waals surface area contributed by atoms with E-state index in [0.717, 1.165) is 0 Å². The first kappa shape index (κ1) is 13.9. The van der Waals surface area contributed by atoms with Gasteiger partial charge in [0.1, 0.15) is 5.58 Å². The zero-order valence-electron chi connectivity index (χ0n) is 11.3. The van der Waals surface area contributed by atoms with E-state index in [1.165, 1.54) is 12.1 Å². The summed E-state index contributed by atoms with van der Waals surface area (Å²) in [5, 5.41) is 0.637. The second kappa shape index (κ2) is 5.61. The third kappa shape index (κ3) is 2.88. The smallest absolute Gasteiger partial charge is 0.338 e. The summed E-state index contributed by atoms with van der Waals surface area (Å²) in [5.41, 5.74) is 0.204. The van der Waals surface area contributed by atoms with E-state index in [1.54, 1.807) is 26.0 Å². The van der Waals surface area contributed by atoms with E-state index in [4.69, 9.17) is 13.9 Å². The van der Waals surface area contributed by atoms with Crippen LogP contribution in [0.5, 0.6) is 11.5 Å². The maximum Gasteiger partial charge on any atom is 0.338 e. The van der Waals surface area contributed by atoms with Crippen molar-refractivity contribution in [3.63, 3.8) is 0 Å². The molecule has 104 valence electrons. The summed E-state index contributed by atoms with van der Waals surface area (Å²) in [7, 11) is 0. The average molecular weight is 274 g/mol. The Bertz CT molecular complexity index is 727. The fourth-order valence-electron chi connectivity index (χ4n) is 1.61. The van der Waals surface area contributed by atoms with E-state index in [-0.39, 0.29) is 11.3 Å². The molecule has 0 fully saturated rings. The third-order valence-corrected chi connectivity index (χ3v) is 2.54. The molecule has 0 bridgehead atoms. The Balaban J connectivity index is 2.53. The summed E-state index contributed by atoms with van der Waals surface area (Å²) in [4.78, 5) is 22.8. The Labute approximate surface area is 115 Å². The highest BCUT2D eigenvalue weighted by Gasteiger charge is 2.13. The molecule has 0 unspecified atom stereocenters. The van der Waals surface area contributed by atoms with Crippen LogP contribution in [-0.2, 0) is 4.79 Å². The van der Waals surface area contributed by atoms with Crippen LogP contribution in [0.3, 0.4) is 0 Å². The Hall–Kier alpha value is -2.56. The van der Waals surface area contributed by atoms with Crippen LogP contribution in [0, 0.1) is 0 Å². The number of carbonyl (C=O) groups is 1. The van der Waals surface area contributed by atoms with Gasteiger partial charge in [0.15, 0.2) is 11.5 Å². The molecule has 0 spiro atoms. The molecule has 20 heavy (non-hydrogen) atoms. The standard InChI is InChI=1S/C15H14O5/c1-4-18-12-8-11-10(5-6-14(16)19-11)7-13(12)20-15(17)9(2)3/h5-8H,2,4H2,1,3H3. The van der Waals surface area contributed by atoms with Crippen molar-refractivity contribution in [1.82, 2.24) is 0 Å². The van der Waals surface area contributed by atoms with Gasteiger partial charge in [-0.15, -0.1) is 0 Å². The van der Waals surface area contributed by atoms with Crippen LogP contribution in [0.1, 0.15) is 13.8 Å². The SMILES string of the molecule is C=C(C)C(=O)Oc1cc2ccc(=O)oc2cc1OCC. The number of benzene rings is 1. The average Bonchev–Trinajstić information content (AvgIpc) is 2.39. The van der Waals surface area contributed by atoms with E-state index in [0.29, 0.717) is 23.3 Å². The van der Waals surface area contributed by atoms with E-state index in [2.05, 4.69) is 6.58 Å². The second-order valence-corrected chi connectivity index (χ2v) is 4.19. The summed E-state index contributed by atoms with van der Waals surface area (Å²) in [6.45, 7) is 7.27. The molecule has 0 saturated carbocycles. The normalized spacial score (nSPS) is 10.3. The maximum atomic E-state index is 11.6. The lowest BCUT2D eigenvalue weighted by atomic mass is 10.2. The molecular weight excluding hydrogens is 260 g/mol. The van der Waals surface area contributed by atoms with Crippen LogP contribution >= 0.6 is 0 Å². The first-order valence-corrected chi connectivity index (χ1v) is 6.09. The lowest BCUT2D eigenvalue weighted by molar-refractivity contribution is -0.130. The first-order valence-electron chi connectivity index (χ1n) is 6.09. The van der Waals surface area contributed by atoms with Crippen LogP contribution in [0.15, 0.2) is 45.6 Å². The Morgan fingerprint density at radius 2 is 2.05 bits per heavy atom. The van der Waals surface area contributed by atoms with Gasteiger partial charge in [0.2, 0.25) is 0 Å². The van der Waals surface area contributed by atoms with Gasteiger partial charge in [0.25, 0.3) is 0 Å². The number of hydrogen-bond acceptors (Lipinski definition) is 5. The minimum atomic E-state index is -0.539. The van der Waals surface area contributed by atoms with Crippen LogP contribution in [0.4, 0.5) is 0 Å². The first-order chi connectivity index (χ1) is 9.51. The molecule has 0 aliphatic rings. The summed E-state index contributed by atoms with van der Waals surface area (Å²) in [6, 6.07) is 6.01. The van der Waals surface area contributed by atoms with Gasteiger partial charge in [0.05, 0.1) is 6.61 Å². The van der Waals surface area contributed by atoms with Crippen molar-refractivity contribution in [2.24, 2.45) is 0 Å². The molecule has 1 aromatic heterocycles. The molecule has 0 saturated heterocycles. The van der Waals surface area contributed by atoms with Gasteiger partial charge in [-0.25, -0.2) is 9.59 Å². The molecular formula is C15H14O5. The number of esters is 1. The van der Waals surface area contributed by atoms with Crippen molar-refractivity contribution in [2.45, 2.75) is 13.8 Å². The zero-order valence-corrected chi connectivity index (χ0v) is 11.3. The van der Waals surface area contributed by atoms with Crippen molar-refractivity contribution in [2.75, 3.05) is 6.61 Å². The minimum absolute atomic E-state index is 0.265. The highest BCUT2D eigenvalue weighted by molar-refractivity contribution is 5.90.